The van der Waals surface area contributed by atoms with Crippen LogP contribution in [-0.4, -0.2) is 19.2 Å². The summed E-state index contributed by atoms with van der Waals surface area (Å²) in [5.41, 5.74) is 2.13. The Bertz CT molecular complexity index is 851. The van der Waals surface area contributed by atoms with E-state index in [4.69, 9.17) is 14.7 Å². The zero-order valence-corrected chi connectivity index (χ0v) is 14.4. The van der Waals surface area contributed by atoms with E-state index < -0.39 is 5.97 Å². The van der Waals surface area contributed by atoms with Gasteiger partial charge in [-0.25, -0.2) is 4.79 Å². The molecule has 0 heterocycles. The van der Waals surface area contributed by atoms with Crippen molar-refractivity contribution in [3.63, 3.8) is 0 Å². The van der Waals surface area contributed by atoms with Crippen LogP contribution >= 0.6 is 0 Å². The molecule has 0 saturated heterocycles. The molecule has 0 aromatic heterocycles. The second kappa shape index (κ2) is 10.4. The number of hydrogen-bond donors (Lipinski definition) is 0. The predicted molar refractivity (Wildman–Crippen MR) is 99.5 cm³/mol. The van der Waals surface area contributed by atoms with Crippen molar-refractivity contribution in [3.8, 4) is 23.7 Å². The van der Waals surface area contributed by atoms with Gasteiger partial charge in [0.1, 0.15) is 11.8 Å². The molecule has 0 N–H and O–H groups in total. The molecule has 130 valence electrons. The topological polar surface area (TPSA) is 59.3 Å². The Kier molecular flexibility index (Phi) is 7.52. The highest BCUT2D eigenvalue weighted by molar-refractivity contribution is 5.81. The fourth-order valence-electron chi connectivity index (χ4n) is 2.09. The molecule has 0 spiro atoms. The maximum absolute atomic E-state index is 10.9. The van der Waals surface area contributed by atoms with Gasteiger partial charge in [0.05, 0.1) is 18.8 Å². The normalized spacial score (nSPS) is 9.35. The van der Waals surface area contributed by atoms with Gasteiger partial charge in [0, 0.05) is 17.2 Å². The lowest BCUT2D eigenvalue weighted by atomic mass is 10.1. The summed E-state index contributed by atoms with van der Waals surface area (Å²) in [4.78, 5) is 10.9. The highest BCUT2D eigenvalue weighted by Crippen LogP contribution is 2.13. The first-order valence-corrected chi connectivity index (χ1v) is 8.26. The van der Waals surface area contributed by atoms with E-state index in [9.17, 15) is 4.79 Å². The van der Waals surface area contributed by atoms with Crippen LogP contribution in [0.2, 0.25) is 0 Å². The molecule has 0 aliphatic rings. The molecule has 2 aromatic carbocycles. The summed E-state index contributed by atoms with van der Waals surface area (Å²) in [5.74, 6) is 6.43. The lowest BCUT2D eigenvalue weighted by Gasteiger charge is -2.06. The maximum Gasteiger partial charge on any atom is 0.330 e. The van der Waals surface area contributed by atoms with Crippen molar-refractivity contribution >= 4 is 5.97 Å². The van der Waals surface area contributed by atoms with Gasteiger partial charge < -0.3 is 9.47 Å². The van der Waals surface area contributed by atoms with Crippen LogP contribution in [0.3, 0.4) is 0 Å². The fraction of sp³-hybridized carbons (Fsp3) is 0.182. The Morgan fingerprint density at radius 3 is 2.38 bits per heavy atom. The monoisotopic (exact) mass is 345 g/mol. The van der Waals surface area contributed by atoms with Gasteiger partial charge in [0.2, 0.25) is 0 Å². The van der Waals surface area contributed by atoms with Gasteiger partial charge in [-0.2, -0.15) is 5.26 Å². The summed E-state index contributed by atoms with van der Waals surface area (Å²) in [5, 5.41) is 9.07. The van der Waals surface area contributed by atoms with Gasteiger partial charge in [-0.15, -0.1) is 0 Å². The molecule has 0 fully saturated rings. The van der Waals surface area contributed by atoms with Gasteiger partial charge in [0.15, 0.2) is 0 Å². The van der Waals surface area contributed by atoms with E-state index >= 15 is 0 Å². The van der Waals surface area contributed by atoms with Crippen LogP contribution in [0.5, 0.6) is 5.75 Å². The molecule has 26 heavy (non-hydrogen) atoms. The number of carbonyl (C=O) groups excluding carboxylic acids is 1. The predicted octanol–water partition coefficient (Wildman–Crippen LogP) is 3.85. The lowest BCUT2D eigenvalue weighted by molar-refractivity contribution is -0.137. The number of nitriles is 1. The van der Waals surface area contributed by atoms with Crippen LogP contribution in [0.15, 0.2) is 61.2 Å². The molecular weight excluding hydrogens is 326 g/mol. The lowest BCUT2D eigenvalue weighted by Crippen LogP contribution is -2.04. The number of benzene rings is 2. The summed E-state index contributed by atoms with van der Waals surface area (Å²) in [6.45, 7) is 4.25. The quantitative estimate of drug-likeness (QED) is 0.331. The standard InChI is InChI=1S/C22H19NO3/c1-2-22(24)26-16-6-5-15-25-21-13-10-18(11-14-21)9-12-19-7-3-4-8-20(19)17-23/h2-4,7-8,10-11,13-14H,1,5-6,15-16H2. The van der Waals surface area contributed by atoms with Crippen molar-refractivity contribution < 1.29 is 14.3 Å². The third-order valence-electron chi connectivity index (χ3n) is 3.46. The first kappa shape index (κ1) is 18.8. The van der Waals surface area contributed by atoms with Crippen LogP contribution in [0.4, 0.5) is 0 Å². The number of ether oxygens (including phenoxy) is 2. The van der Waals surface area contributed by atoms with Crippen molar-refractivity contribution in [1.82, 2.24) is 0 Å². The van der Waals surface area contributed by atoms with Crippen molar-refractivity contribution in [2.75, 3.05) is 13.2 Å². The largest absolute Gasteiger partial charge is 0.494 e. The molecular formula is C22H19NO3. The van der Waals surface area contributed by atoms with E-state index in [2.05, 4.69) is 24.5 Å². The van der Waals surface area contributed by atoms with Gasteiger partial charge in [0.25, 0.3) is 0 Å². The summed E-state index contributed by atoms with van der Waals surface area (Å²) < 4.78 is 10.5. The molecule has 2 rings (SSSR count). The average molecular weight is 345 g/mol. The molecule has 4 heteroatoms. The van der Waals surface area contributed by atoms with Crippen molar-refractivity contribution in [2.24, 2.45) is 0 Å². The minimum absolute atomic E-state index is 0.368. The molecule has 4 nitrogen and oxygen atoms in total. The number of esters is 1. The molecule has 0 bridgehead atoms. The number of nitrogens with zero attached hydrogens (tertiary/aromatic N) is 1. The number of unbranched alkanes of at least 4 members (excludes halogenated alkanes) is 1. The molecule has 2 aromatic rings. The van der Waals surface area contributed by atoms with Crippen LogP contribution in [-0.2, 0) is 9.53 Å². The second-order valence-corrected chi connectivity index (χ2v) is 5.36. The van der Waals surface area contributed by atoms with Crippen LogP contribution < -0.4 is 4.74 Å². The van der Waals surface area contributed by atoms with E-state index in [0.29, 0.717) is 24.3 Å². The smallest absolute Gasteiger partial charge is 0.330 e. The summed E-state index contributed by atoms with van der Waals surface area (Å²) >= 11 is 0. The minimum atomic E-state index is -0.403. The number of carbonyl (C=O) groups is 1. The van der Waals surface area contributed by atoms with Crippen molar-refractivity contribution in [1.29, 1.82) is 5.26 Å². The Morgan fingerprint density at radius 2 is 1.69 bits per heavy atom. The summed E-state index contributed by atoms with van der Waals surface area (Å²) in [6.07, 6.45) is 2.68. The fourth-order valence-corrected chi connectivity index (χ4v) is 2.09. The van der Waals surface area contributed by atoms with Gasteiger partial charge >= 0.3 is 5.97 Å². The van der Waals surface area contributed by atoms with Crippen molar-refractivity contribution in [2.45, 2.75) is 12.8 Å². The number of rotatable bonds is 7. The molecule has 0 unspecified atom stereocenters. The molecule has 0 amide bonds. The van der Waals surface area contributed by atoms with Gasteiger partial charge in [-0.3, -0.25) is 0 Å². The first-order valence-electron chi connectivity index (χ1n) is 8.26. The van der Waals surface area contributed by atoms with Crippen molar-refractivity contribution in [3.05, 3.63) is 77.9 Å². The highest BCUT2D eigenvalue weighted by atomic mass is 16.5. The number of hydrogen-bond acceptors (Lipinski definition) is 4. The van der Waals surface area contributed by atoms with E-state index in [1.54, 1.807) is 6.07 Å². The van der Waals surface area contributed by atoms with E-state index in [0.717, 1.165) is 30.2 Å². The van der Waals surface area contributed by atoms with E-state index in [-0.39, 0.29) is 0 Å². The molecule has 0 saturated carbocycles. The summed E-state index contributed by atoms with van der Waals surface area (Å²) in [6, 6.07) is 16.9. The van der Waals surface area contributed by atoms with Crippen LogP contribution in [0.25, 0.3) is 0 Å². The Morgan fingerprint density at radius 1 is 1.00 bits per heavy atom. The Balaban J connectivity index is 1.80. The first-order chi connectivity index (χ1) is 12.7. The van der Waals surface area contributed by atoms with Gasteiger partial charge in [-0.05, 0) is 49.2 Å². The maximum atomic E-state index is 10.9. The molecule has 0 radical (unpaired) electrons. The second-order valence-electron chi connectivity index (χ2n) is 5.36. The molecule has 0 atom stereocenters. The SMILES string of the molecule is C=CC(=O)OCCCCOc1ccc(C#Cc2ccccc2C#N)cc1. The zero-order chi connectivity index (χ0) is 18.6. The summed E-state index contributed by atoms with van der Waals surface area (Å²) in [7, 11) is 0. The molecule has 0 aliphatic heterocycles. The van der Waals surface area contributed by atoms with E-state index in [1.807, 2.05) is 42.5 Å². The highest BCUT2D eigenvalue weighted by Gasteiger charge is 1.98. The van der Waals surface area contributed by atoms with Crippen LogP contribution in [0.1, 0.15) is 29.5 Å². The van der Waals surface area contributed by atoms with Crippen LogP contribution in [0, 0.1) is 23.2 Å². The van der Waals surface area contributed by atoms with E-state index in [1.165, 1.54) is 0 Å². The Labute approximate surface area is 153 Å². The third kappa shape index (κ3) is 6.19. The zero-order valence-electron chi connectivity index (χ0n) is 14.4. The minimum Gasteiger partial charge on any atom is -0.494 e. The average Bonchev–Trinajstić information content (AvgIpc) is 2.69. The third-order valence-corrected chi connectivity index (χ3v) is 3.46. The Hall–Kier alpha value is -3.50. The van der Waals surface area contributed by atoms with Gasteiger partial charge in [-0.1, -0.05) is 30.6 Å². The molecule has 0 aliphatic carbocycles.